The average Bonchev–Trinajstić information content (AvgIpc) is 2.69. The summed E-state index contributed by atoms with van der Waals surface area (Å²) in [6.07, 6.45) is -3.72. The number of thioether (sulfide) groups is 1. The molecule has 1 saturated heterocycles. The third-order valence-electron chi connectivity index (χ3n) is 4.42. The van der Waals surface area contributed by atoms with Crippen LogP contribution in [0.4, 0.5) is 0 Å². The van der Waals surface area contributed by atoms with Crippen LogP contribution in [-0.2, 0) is 10.3 Å². The van der Waals surface area contributed by atoms with Gasteiger partial charge in [-0.25, -0.2) is 0 Å². The van der Waals surface area contributed by atoms with Crippen molar-refractivity contribution in [3.63, 3.8) is 0 Å². The van der Waals surface area contributed by atoms with Crippen molar-refractivity contribution in [1.29, 1.82) is 0 Å². The van der Waals surface area contributed by atoms with Crippen molar-refractivity contribution >= 4 is 26.7 Å². The van der Waals surface area contributed by atoms with Gasteiger partial charge in [0.2, 0.25) is 0 Å². The van der Waals surface area contributed by atoms with Gasteiger partial charge in [-0.1, -0.05) is 0 Å². The molecule has 0 bridgehead atoms. The van der Waals surface area contributed by atoms with Crippen molar-refractivity contribution in [2.24, 2.45) is 0 Å². The molecule has 0 saturated carbocycles. The van der Waals surface area contributed by atoms with Crippen molar-refractivity contribution < 1.29 is 25.2 Å². The summed E-state index contributed by atoms with van der Waals surface area (Å²) >= 11 is 1.44. The number of ether oxygens (including phenoxy) is 1. The Morgan fingerprint density at radius 1 is 1.00 bits per heavy atom. The SMILES string of the molecule is OC[C@H]1O[C@H]([Se]CSc2ccccc2)[C@](O)(c2ccccc2)[C@@H](O)[C@@H]1O. The summed E-state index contributed by atoms with van der Waals surface area (Å²) in [5.74, 6) is 0. The first kappa shape index (κ1) is 19.9. The van der Waals surface area contributed by atoms with E-state index in [1.165, 1.54) is 0 Å². The maximum atomic E-state index is 11.3. The molecule has 5 nitrogen and oxygen atoms in total. The fraction of sp³-hybridized carbons (Fsp3) is 0.368. The Kier molecular flexibility index (Phi) is 6.77. The van der Waals surface area contributed by atoms with Gasteiger partial charge in [0, 0.05) is 0 Å². The Bertz CT molecular complexity index is 689. The maximum absolute atomic E-state index is 11.3. The zero-order chi connectivity index (χ0) is 18.6. The summed E-state index contributed by atoms with van der Waals surface area (Å²) in [4.78, 5) is 1.12. The van der Waals surface area contributed by atoms with Gasteiger partial charge < -0.3 is 0 Å². The quantitative estimate of drug-likeness (QED) is 0.391. The minimum atomic E-state index is -1.72. The molecule has 1 aliphatic rings. The molecule has 0 aliphatic carbocycles. The van der Waals surface area contributed by atoms with E-state index in [4.69, 9.17) is 4.74 Å². The van der Waals surface area contributed by atoms with Crippen molar-refractivity contribution in [2.75, 3.05) is 11.3 Å². The van der Waals surface area contributed by atoms with Crippen LogP contribution in [-0.4, -0.2) is 70.0 Å². The van der Waals surface area contributed by atoms with E-state index in [0.717, 1.165) is 9.55 Å². The minimum absolute atomic E-state index is 0.209. The molecule has 2 aromatic rings. The molecular formula is C19H22O5SSe. The fourth-order valence-electron chi connectivity index (χ4n) is 2.96. The molecular weight excluding hydrogens is 419 g/mol. The van der Waals surface area contributed by atoms with E-state index in [1.54, 1.807) is 36.0 Å². The van der Waals surface area contributed by atoms with E-state index in [-0.39, 0.29) is 15.0 Å². The van der Waals surface area contributed by atoms with E-state index >= 15 is 0 Å². The standard InChI is InChI=1S/C19H22O5SSe/c20-11-15-16(21)17(22)19(23,13-7-3-1-4-8-13)18(24-15)26-12-25-14-9-5-2-6-10-14/h1-10,15-18,20-23H,11-12H2/t15-,16-,17+,18-,19+/m1/s1. The normalized spacial score (nSPS) is 31.7. The first-order valence-electron chi connectivity index (χ1n) is 8.27. The van der Waals surface area contributed by atoms with Crippen LogP contribution in [0.5, 0.6) is 0 Å². The van der Waals surface area contributed by atoms with Gasteiger partial charge in [0.15, 0.2) is 0 Å². The van der Waals surface area contributed by atoms with Crippen LogP contribution < -0.4 is 0 Å². The van der Waals surface area contributed by atoms with Gasteiger partial charge in [0.25, 0.3) is 0 Å². The molecule has 0 unspecified atom stereocenters. The Morgan fingerprint density at radius 3 is 2.23 bits per heavy atom. The number of hydrogen-bond donors (Lipinski definition) is 4. The van der Waals surface area contributed by atoms with Crippen LogP contribution in [0.3, 0.4) is 0 Å². The molecule has 5 atom stereocenters. The number of hydrogen-bond acceptors (Lipinski definition) is 6. The number of aliphatic hydroxyl groups excluding tert-OH is 3. The van der Waals surface area contributed by atoms with Gasteiger partial charge in [0.1, 0.15) is 0 Å². The molecule has 4 N–H and O–H groups in total. The first-order valence-corrected chi connectivity index (χ1v) is 11.5. The molecule has 1 aliphatic heterocycles. The molecule has 2 aromatic carbocycles. The Hall–Kier alpha value is -0.891. The van der Waals surface area contributed by atoms with Gasteiger partial charge in [-0.15, -0.1) is 0 Å². The van der Waals surface area contributed by atoms with Gasteiger partial charge in [-0.2, -0.15) is 0 Å². The van der Waals surface area contributed by atoms with Crippen molar-refractivity contribution in [2.45, 2.75) is 33.8 Å². The zero-order valence-corrected chi connectivity index (χ0v) is 16.5. The molecule has 0 amide bonds. The van der Waals surface area contributed by atoms with Gasteiger partial charge >= 0.3 is 163 Å². The molecule has 3 rings (SSSR count). The van der Waals surface area contributed by atoms with Crippen LogP contribution in [0.2, 0.25) is 0 Å². The van der Waals surface area contributed by atoms with Crippen LogP contribution >= 0.6 is 11.8 Å². The second kappa shape index (κ2) is 8.87. The number of aliphatic hydroxyl groups is 4. The van der Waals surface area contributed by atoms with E-state index in [9.17, 15) is 20.4 Å². The van der Waals surface area contributed by atoms with E-state index in [0.29, 0.717) is 5.56 Å². The van der Waals surface area contributed by atoms with E-state index in [2.05, 4.69) is 0 Å². The monoisotopic (exact) mass is 442 g/mol. The van der Waals surface area contributed by atoms with Crippen LogP contribution in [0.15, 0.2) is 65.6 Å². The summed E-state index contributed by atoms with van der Waals surface area (Å²) in [6, 6.07) is 18.7. The van der Waals surface area contributed by atoms with Gasteiger partial charge in [0.05, 0.1) is 0 Å². The number of rotatable bonds is 6. The first-order chi connectivity index (χ1) is 12.6. The summed E-state index contributed by atoms with van der Waals surface area (Å²) in [5, 5.41) is 41.0. The Morgan fingerprint density at radius 2 is 1.62 bits per heavy atom. The zero-order valence-electron chi connectivity index (χ0n) is 14.0. The molecule has 26 heavy (non-hydrogen) atoms. The van der Waals surface area contributed by atoms with E-state index < -0.39 is 35.5 Å². The second-order valence-corrected chi connectivity index (χ2v) is 10.1. The molecule has 0 radical (unpaired) electrons. The van der Waals surface area contributed by atoms with Crippen LogP contribution in [0, 0.1) is 0 Å². The molecule has 7 heteroatoms. The van der Waals surface area contributed by atoms with Gasteiger partial charge in [-0.3, -0.25) is 0 Å². The van der Waals surface area contributed by atoms with Crippen molar-refractivity contribution in [1.82, 2.24) is 0 Å². The molecule has 1 fully saturated rings. The summed E-state index contributed by atoms with van der Waals surface area (Å²) < 4.78 is 6.55. The Balaban J connectivity index is 1.80. The van der Waals surface area contributed by atoms with Gasteiger partial charge in [-0.05, 0) is 0 Å². The topological polar surface area (TPSA) is 90.2 Å². The second-order valence-electron chi connectivity index (χ2n) is 6.06. The van der Waals surface area contributed by atoms with E-state index in [1.807, 2.05) is 36.4 Å². The summed E-state index contributed by atoms with van der Waals surface area (Å²) in [6.45, 7) is -0.415. The predicted octanol–water partition coefficient (Wildman–Crippen LogP) is 0.767. The average molecular weight is 441 g/mol. The molecule has 0 spiro atoms. The third-order valence-corrected chi connectivity index (χ3v) is 8.50. The van der Waals surface area contributed by atoms with Crippen LogP contribution in [0.1, 0.15) is 5.56 Å². The summed E-state index contributed by atoms with van der Waals surface area (Å²) in [7, 11) is 0. The fourth-order valence-corrected chi connectivity index (χ4v) is 7.27. The number of benzene rings is 2. The van der Waals surface area contributed by atoms with Crippen molar-refractivity contribution in [3.05, 3.63) is 66.2 Å². The predicted molar refractivity (Wildman–Crippen MR) is 101 cm³/mol. The van der Waals surface area contributed by atoms with Crippen LogP contribution in [0.25, 0.3) is 0 Å². The third kappa shape index (κ3) is 4.01. The molecule has 0 aromatic heterocycles. The Labute approximate surface area is 163 Å². The molecule has 140 valence electrons. The molecule has 1 heterocycles. The van der Waals surface area contributed by atoms with Crippen molar-refractivity contribution in [3.8, 4) is 0 Å². The summed E-state index contributed by atoms with van der Waals surface area (Å²) in [5.41, 5.74) is -1.22.